The number of quaternary nitrogens is 1. The van der Waals surface area contributed by atoms with E-state index in [2.05, 4.69) is 54.9 Å². The van der Waals surface area contributed by atoms with Crippen molar-refractivity contribution in [3.63, 3.8) is 0 Å². The second-order valence-electron chi connectivity index (χ2n) is 5.40. The first-order valence-corrected chi connectivity index (χ1v) is 7.05. The first kappa shape index (κ1) is 13.1. The molecule has 1 unspecified atom stereocenters. The van der Waals surface area contributed by atoms with Gasteiger partial charge in [0.05, 0.1) is 6.20 Å². The van der Waals surface area contributed by atoms with Crippen molar-refractivity contribution in [1.82, 2.24) is 9.58 Å². The van der Waals surface area contributed by atoms with E-state index in [1.165, 1.54) is 11.3 Å². The molecule has 20 heavy (non-hydrogen) atoms. The average Bonchev–Trinajstić information content (AvgIpc) is 2.70. The third kappa shape index (κ3) is 1.65. The lowest BCUT2D eigenvalue weighted by atomic mass is 10.1. The fraction of sp³-hybridized carbons (Fsp3) is 0.312. The minimum absolute atomic E-state index is 0.153. The van der Waals surface area contributed by atoms with Gasteiger partial charge in [-0.2, -0.15) is 10.4 Å². The van der Waals surface area contributed by atoms with E-state index in [0.29, 0.717) is 4.59 Å². The molecular formula is C16H21N4+. The standard InChI is InChI=1S/C16H21N4/c1-4-20(17)13(3)19(14-8-6-5-7-12(14)2)15-11-18-10-9-16(15)20/h5-11,13H,4,17H2,1-3H3/q+1/t13-,20?/m1/s1. The molecule has 2 N–H and O–H groups in total. The summed E-state index contributed by atoms with van der Waals surface area (Å²) >= 11 is 0. The molecule has 2 atom stereocenters. The van der Waals surface area contributed by atoms with Crippen LogP contribution < -0.4 is 15.3 Å². The van der Waals surface area contributed by atoms with Crippen molar-refractivity contribution in [1.29, 1.82) is 0 Å². The third-order valence-corrected chi connectivity index (χ3v) is 4.42. The summed E-state index contributed by atoms with van der Waals surface area (Å²) in [4.78, 5) is 6.60. The van der Waals surface area contributed by atoms with Gasteiger partial charge in [-0.05, 0) is 25.5 Å². The fourth-order valence-electron chi connectivity index (χ4n) is 3.12. The van der Waals surface area contributed by atoms with Gasteiger partial charge in [-0.25, -0.2) is 0 Å². The van der Waals surface area contributed by atoms with Gasteiger partial charge in [0.2, 0.25) is 0 Å². The Balaban J connectivity index is 2.21. The van der Waals surface area contributed by atoms with Crippen molar-refractivity contribution < 1.29 is 0 Å². The molecular weight excluding hydrogens is 248 g/mol. The van der Waals surface area contributed by atoms with E-state index in [1.54, 1.807) is 0 Å². The Morgan fingerprint density at radius 2 is 2.00 bits per heavy atom. The number of hydrogen-bond donors (Lipinski definition) is 1. The summed E-state index contributed by atoms with van der Waals surface area (Å²) in [6.45, 7) is 7.28. The van der Waals surface area contributed by atoms with E-state index in [9.17, 15) is 0 Å². The normalized spacial score (nSPS) is 24.8. The zero-order valence-electron chi connectivity index (χ0n) is 12.2. The number of aromatic nitrogens is 1. The molecule has 0 aliphatic carbocycles. The summed E-state index contributed by atoms with van der Waals surface area (Å²) in [5, 5.41) is 0. The minimum Gasteiger partial charge on any atom is -0.283 e. The van der Waals surface area contributed by atoms with Crippen molar-refractivity contribution in [3.05, 3.63) is 48.3 Å². The van der Waals surface area contributed by atoms with Gasteiger partial charge in [-0.15, -0.1) is 0 Å². The van der Waals surface area contributed by atoms with Crippen LogP contribution in [0.15, 0.2) is 42.7 Å². The number of benzene rings is 1. The molecule has 2 aromatic rings. The third-order valence-electron chi connectivity index (χ3n) is 4.42. The van der Waals surface area contributed by atoms with Gasteiger partial charge in [0.15, 0.2) is 11.9 Å². The Hall–Kier alpha value is -1.91. The van der Waals surface area contributed by atoms with Crippen molar-refractivity contribution in [2.75, 3.05) is 11.4 Å². The van der Waals surface area contributed by atoms with Crippen molar-refractivity contribution >= 4 is 17.1 Å². The average molecular weight is 269 g/mol. The minimum atomic E-state index is 0.153. The van der Waals surface area contributed by atoms with Gasteiger partial charge >= 0.3 is 0 Å². The number of aryl methyl sites for hydroxylation is 1. The monoisotopic (exact) mass is 269 g/mol. The van der Waals surface area contributed by atoms with Gasteiger partial charge in [-0.3, -0.25) is 9.88 Å². The second kappa shape index (κ2) is 4.58. The van der Waals surface area contributed by atoms with Gasteiger partial charge in [0.1, 0.15) is 12.2 Å². The van der Waals surface area contributed by atoms with E-state index in [4.69, 9.17) is 5.84 Å². The molecule has 0 bridgehead atoms. The molecule has 1 aromatic carbocycles. The molecule has 0 saturated heterocycles. The first-order valence-electron chi connectivity index (χ1n) is 7.05. The summed E-state index contributed by atoms with van der Waals surface area (Å²) < 4.78 is 0.423. The number of rotatable bonds is 2. The summed E-state index contributed by atoms with van der Waals surface area (Å²) in [7, 11) is 0. The van der Waals surface area contributed by atoms with Crippen LogP contribution >= 0.6 is 0 Å². The quantitative estimate of drug-likeness (QED) is 0.673. The maximum absolute atomic E-state index is 6.66. The van der Waals surface area contributed by atoms with Gasteiger partial charge < -0.3 is 0 Å². The predicted octanol–water partition coefficient (Wildman–Crippen LogP) is 3.09. The Morgan fingerprint density at radius 1 is 1.25 bits per heavy atom. The Bertz CT molecular complexity index is 640. The molecule has 0 saturated carbocycles. The first-order chi connectivity index (χ1) is 9.59. The molecule has 104 valence electrons. The van der Waals surface area contributed by atoms with Crippen LogP contribution in [0.5, 0.6) is 0 Å². The molecule has 4 nitrogen and oxygen atoms in total. The molecule has 0 fully saturated rings. The Kier molecular flexibility index (Phi) is 3.00. The molecule has 0 amide bonds. The number of hydrogen-bond acceptors (Lipinski definition) is 3. The summed E-state index contributed by atoms with van der Waals surface area (Å²) in [6.07, 6.45) is 3.89. The molecule has 1 aliphatic heterocycles. The predicted molar refractivity (Wildman–Crippen MR) is 83.5 cm³/mol. The lowest BCUT2D eigenvalue weighted by Gasteiger charge is -2.34. The highest BCUT2D eigenvalue weighted by molar-refractivity contribution is 5.81. The van der Waals surface area contributed by atoms with Crippen LogP contribution in [0.4, 0.5) is 17.1 Å². The molecule has 3 rings (SSSR count). The molecule has 2 heterocycles. The van der Waals surface area contributed by atoms with Crippen LogP contribution in [0.1, 0.15) is 19.4 Å². The van der Waals surface area contributed by atoms with E-state index in [0.717, 1.165) is 17.9 Å². The van der Waals surface area contributed by atoms with Crippen LogP contribution in [-0.2, 0) is 0 Å². The SMILES string of the molecule is CC[N+]1(N)c2ccncc2N(c2ccccc2C)[C@H]1C. The number of para-hydroxylation sites is 1. The summed E-state index contributed by atoms with van der Waals surface area (Å²) in [5.74, 6) is 6.66. The number of nitrogens with zero attached hydrogens (tertiary/aromatic N) is 3. The van der Waals surface area contributed by atoms with E-state index in [1.807, 2.05) is 18.5 Å². The van der Waals surface area contributed by atoms with E-state index >= 15 is 0 Å². The molecule has 1 aromatic heterocycles. The zero-order valence-corrected chi connectivity index (χ0v) is 12.2. The maximum atomic E-state index is 6.66. The molecule has 1 aliphatic rings. The van der Waals surface area contributed by atoms with Gasteiger partial charge in [-0.1, -0.05) is 18.2 Å². The Labute approximate surface area is 120 Å². The second-order valence-corrected chi connectivity index (χ2v) is 5.40. The molecule has 0 radical (unpaired) electrons. The highest BCUT2D eigenvalue weighted by Gasteiger charge is 2.47. The number of nitrogens with two attached hydrogens (primary N) is 1. The van der Waals surface area contributed by atoms with Crippen molar-refractivity contribution in [3.8, 4) is 0 Å². The number of fused-ring (bicyclic) bond motifs is 1. The van der Waals surface area contributed by atoms with Crippen LogP contribution in [0.25, 0.3) is 0 Å². The topological polar surface area (TPSA) is 42.1 Å². The van der Waals surface area contributed by atoms with Gasteiger partial charge in [0, 0.05) is 24.9 Å². The van der Waals surface area contributed by atoms with E-state index < -0.39 is 0 Å². The van der Waals surface area contributed by atoms with E-state index in [-0.39, 0.29) is 6.17 Å². The van der Waals surface area contributed by atoms with Crippen molar-refractivity contribution in [2.24, 2.45) is 5.84 Å². The lowest BCUT2D eigenvalue weighted by Crippen LogP contribution is -2.62. The number of anilines is 2. The molecule has 0 spiro atoms. The van der Waals surface area contributed by atoms with Crippen LogP contribution in [0.3, 0.4) is 0 Å². The summed E-state index contributed by atoms with van der Waals surface area (Å²) in [6, 6.07) is 10.4. The summed E-state index contributed by atoms with van der Waals surface area (Å²) in [5.41, 5.74) is 4.70. The lowest BCUT2D eigenvalue weighted by molar-refractivity contribution is 0.249. The largest absolute Gasteiger partial charge is 0.283 e. The van der Waals surface area contributed by atoms with Gasteiger partial charge in [0.25, 0.3) is 0 Å². The smallest absolute Gasteiger partial charge is 0.188 e. The van der Waals surface area contributed by atoms with Crippen molar-refractivity contribution in [2.45, 2.75) is 26.9 Å². The molecule has 4 heteroatoms. The highest BCUT2D eigenvalue weighted by atomic mass is 15.7. The highest BCUT2D eigenvalue weighted by Crippen LogP contribution is 2.46. The van der Waals surface area contributed by atoms with Crippen LogP contribution in [0.2, 0.25) is 0 Å². The fourth-order valence-corrected chi connectivity index (χ4v) is 3.12. The maximum Gasteiger partial charge on any atom is 0.188 e. The van der Waals surface area contributed by atoms with Crippen LogP contribution in [0, 0.1) is 6.92 Å². The number of pyridine rings is 1. The zero-order chi connectivity index (χ0) is 14.3. The van der Waals surface area contributed by atoms with Crippen LogP contribution in [-0.4, -0.2) is 17.7 Å². The Morgan fingerprint density at radius 3 is 2.70 bits per heavy atom.